The van der Waals surface area contributed by atoms with Crippen LogP contribution in [0.5, 0.6) is 0 Å². The van der Waals surface area contributed by atoms with Gasteiger partial charge in [0.2, 0.25) is 0 Å². The van der Waals surface area contributed by atoms with E-state index in [-0.39, 0.29) is 5.97 Å². The van der Waals surface area contributed by atoms with E-state index in [9.17, 15) is 4.79 Å². The van der Waals surface area contributed by atoms with Gasteiger partial charge in [-0.2, -0.15) is 0 Å². The van der Waals surface area contributed by atoms with Crippen LogP contribution < -0.4 is 5.32 Å². The summed E-state index contributed by atoms with van der Waals surface area (Å²) in [5.41, 5.74) is 2.01. The smallest absolute Gasteiger partial charge is 0.327 e. The number of rotatable bonds is 7. The van der Waals surface area contributed by atoms with Crippen molar-refractivity contribution in [3.05, 3.63) is 48.0 Å². The zero-order valence-electron chi connectivity index (χ0n) is 11.1. The van der Waals surface area contributed by atoms with Gasteiger partial charge in [-0.15, -0.1) is 0 Å². The van der Waals surface area contributed by atoms with Gasteiger partial charge < -0.3 is 4.74 Å². The molecular formula is C15H21NO2. The van der Waals surface area contributed by atoms with Crippen molar-refractivity contribution in [2.24, 2.45) is 0 Å². The number of carbonyl (C=O) groups is 1. The van der Waals surface area contributed by atoms with E-state index in [0.29, 0.717) is 6.54 Å². The lowest BCUT2D eigenvalue weighted by atomic mass is 10.0. The monoisotopic (exact) mass is 247 g/mol. The molecule has 0 aromatic heterocycles. The Hall–Kier alpha value is -1.61. The van der Waals surface area contributed by atoms with Crippen LogP contribution in [-0.4, -0.2) is 19.1 Å². The van der Waals surface area contributed by atoms with Crippen LogP contribution in [0.2, 0.25) is 0 Å². The zero-order valence-corrected chi connectivity index (χ0v) is 11.1. The largest absolute Gasteiger partial charge is 0.468 e. The minimum absolute atomic E-state index is 0.274. The van der Waals surface area contributed by atoms with Crippen molar-refractivity contribution >= 4 is 5.97 Å². The molecule has 1 aromatic carbocycles. The van der Waals surface area contributed by atoms with Crippen LogP contribution in [0.15, 0.2) is 42.5 Å². The molecule has 98 valence electrons. The zero-order chi connectivity index (χ0) is 13.4. The number of methoxy groups -OCH3 is 1. The Bertz CT molecular complexity index is 387. The van der Waals surface area contributed by atoms with Gasteiger partial charge in [0.25, 0.3) is 0 Å². The number of nitrogens with one attached hydrogen (secondary N) is 1. The molecule has 0 spiro atoms. The van der Waals surface area contributed by atoms with Gasteiger partial charge >= 0.3 is 5.97 Å². The van der Waals surface area contributed by atoms with Crippen LogP contribution in [0.4, 0.5) is 0 Å². The van der Waals surface area contributed by atoms with Gasteiger partial charge in [0, 0.05) is 6.54 Å². The Morgan fingerprint density at radius 3 is 2.61 bits per heavy atom. The van der Waals surface area contributed by atoms with E-state index in [1.807, 2.05) is 30.3 Å². The fourth-order valence-corrected chi connectivity index (χ4v) is 1.79. The third-order valence-corrected chi connectivity index (χ3v) is 2.77. The van der Waals surface area contributed by atoms with Crippen LogP contribution in [0, 0.1) is 0 Å². The summed E-state index contributed by atoms with van der Waals surface area (Å²) in [7, 11) is 1.40. The molecule has 1 atom stereocenters. The summed E-state index contributed by atoms with van der Waals surface area (Å²) < 4.78 is 4.81. The van der Waals surface area contributed by atoms with Crippen LogP contribution in [-0.2, 0) is 16.1 Å². The third-order valence-electron chi connectivity index (χ3n) is 2.77. The van der Waals surface area contributed by atoms with Gasteiger partial charge in [-0.1, -0.05) is 50.3 Å². The van der Waals surface area contributed by atoms with Crippen molar-refractivity contribution in [1.29, 1.82) is 0 Å². The Kier molecular flexibility index (Phi) is 6.15. The number of esters is 1. The normalized spacial score (nSPS) is 11.9. The molecular weight excluding hydrogens is 226 g/mol. The second-order valence-electron chi connectivity index (χ2n) is 4.23. The highest BCUT2D eigenvalue weighted by molar-refractivity contribution is 5.79. The summed E-state index contributed by atoms with van der Waals surface area (Å²) in [4.78, 5) is 11.7. The molecule has 0 saturated carbocycles. The van der Waals surface area contributed by atoms with Gasteiger partial charge in [0.05, 0.1) is 7.11 Å². The molecule has 1 rings (SSSR count). The molecule has 0 fully saturated rings. The molecule has 0 amide bonds. The second-order valence-corrected chi connectivity index (χ2v) is 4.23. The van der Waals surface area contributed by atoms with Crippen LogP contribution in [0.3, 0.4) is 0 Å². The predicted octanol–water partition coefficient (Wildman–Crippen LogP) is 2.67. The van der Waals surface area contributed by atoms with Crippen molar-refractivity contribution < 1.29 is 9.53 Å². The molecule has 0 aliphatic rings. The molecule has 0 unspecified atom stereocenters. The molecule has 0 bridgehead atoms. The number of ether oxygens (including phenoxy) is 1. The van der Waals surface area contributed by atoms with E-state index in [2.05, 4.69) is 18.8 Å². The summed E-state index contributed by atoms with van der Waals surface area (Å²) in [6, 6.07) is 9.54. The topological polar surface area (TPSA) is 38.3 Å². The third kappa shape index (κ3) is 4.34. The first-order valence-corrected chi connectivity index (χ1v) is 6.21. The highest BCUT2D eigenvalue weighted by Crippen LogP contribution is 2.10. The number of benzene rings is 1. The van der Waals surface area contributed by atoms with Crippen molar-refractivity contribution in [2.45, 2.75) is 32.4 Å². The van der Waals surface area contributed by atoms with Crippen LogP contribution in [0.25, 0.3) is 0 Å². The average molecular weight is 247 g/mol. The quantitative estimate of drug-likeness (QED) is 0.594. The van der Waals surface area contributed by atoms with Crippen molar-refractivity contribution in [2.75, 3.05) is 7.11 Å². The van der Waals surface area contributed by atoms with E-state index in [4.69, 9.17) is 4.74 Å². The predicted molar refractivity (Wildman–Crippen MR) is 73.1 cm³/mol. The van der Waals surface area contributed by atoms with Gasteiger partial charge in [0.15, 0.2) is 0 Å². The Balaban J connectivity index is 2.62. The van der Waals surface area contributed by atoms with Gasteiger partial charge in [-0.3, -0.25) is 10.1 Å². The molecule has 0 aliphatic heterocycles. The second kappa shape index (κ2) is 7.67. The number of hydrogen-bond acceptors (Lipinski definition) is 3. The number of carbonyl (C=O) groups excluding carboxylic acids is 1. The minimum Gasteiger partial charge on any atom is -0.468 e. The Labute approximate surface area is 109 Å². The minimum atomic E-state index is -0.421. The molecule has 1 N–H and O–H groups in total. The van der Waals surface area contributed by atoms with Gasteiger partial charge in [0.1, 0.15) is 6.04 Å². The Morgan fingerprint density at radius 1 is 1.39 bits per heavy atom. The van der Waals surface area contributed by atoms with Crippen molar-refractivity contribution in [1.82, 2.24) is 5.32 Å². The van der Waals surface area contributed by atoms with E-state index in [1.54, 1.807) is 0 Å². The van der Waals surface area contributed by atoms with E-state index in [1.165, 1.54) is 7.11 Å². The maximum absolute atomic E-state index is 11.7. The summed E-state index contributed by atoms with van der Waals surface area (Å²) >= 11 is 0. The van der Waals surface area contributed by atoms with Crippen molar-refractivity contribution in [3.63, 3.8) is 0 Å². The summed E-state index contributed by atoms with van der Waals surface area (Å²) in [5.74, 6) is -0.274. The molecule has 3 nitrogen and oxygen atoms in total. The maximum atomic E-state index is 11.7. The SMILES string of the molecule is C=C(CCC)[C@H](NCc1ccccc1)C(=O)OC. The first kappa shape index (κ1) is 14.5. The molecule has 0 aliphatic carbocycles. The van der Waals surface area contributed by atoms with E-state index in [0.717, 1.165) is 24.0 Å². The lowest BCUT2D eigenvalue weighted by Gasteiger charge is -2.18. The molecule has 18 heavy (non-hydrogen) atoms. The molecule has 1 aromatic rings. The average Bonchev–Trinajstić information content (AvgIpc) is 2.40. The first-order valence-electron chi connectivity index (χ1n) is 6.21. The Morgan fingerprint density at radius 2 is 2.06 bits per heavy atom. The van der Waals surface area contributed by atoms with Gasteiger partial charge in [-0.05, 0) is 17.6 Å². The van der Waals surface area contributed by atoms with Crippen molar-refractivity contribution in [3.8, 4) is 0 Å². The molecule has 0 radical (unpaired) electrons. The maximum Gasteiger partial charge on any atom is 0.327 e. The van der Waals surface area contributed by atoms with E-state index < -0.39 is 6.04 Å². The standard InChI is InChI=1S/C15H21NO2/c1-4-8-12(2)14(15(17)18-3)16-11-13-9-6-5-7-10-13/h5-7,9-10,14,16H,2,4,8,11H2,1,3H3/t14-/m0/s1. The van der Waals surface area contributed by atoms with Gasteiger partial charge in [-0.25, -0.2) is 0 Å². The summed E-state index contributed by atoms with van der Waals surface area (Å²) in [6.07, 6.45) is 1.79. The highest BCUT2D eigenvalue weighted by Gasteiger charge is 2.20. The molecule has 0 saturated heterocycles. The summed E-state index contributed by atoms with van der Waals surface area (Å²) in [5, 5.41) is 3.20. The first-order chi connectivity index (χ1) is 8.69. The highest BCUT2D eigenvalue weighted by atomic mass is 16.5. The fraction of sp³-hybridized carbons (Fsp3) is 0.400. The van der Waals surface area contributed by atoms with Crippen LogP contribution >= 0.6 is 0 Å². The number of hydrogen-bond donors (Lipinski definition) is 1. The fourth-order valence-electron chi connectivity index (χ4n) is 1.79. The lowest BCUT2D eigenvalue weighted by Crippen LogP contribution is -2.38. The molecule has 3 heteroatoms. The van der Waals surface area contributed by atoms with Crippen LogP contribution in [0.1, 0.15) is 25.3 Å². The molecule has 0 heterocycles. The lowest BCUT2D eigenvalue weighted by molar-refractivity contribution is -0.142. The van der Waals surface area contributed by atoms with E-state index >= 15 is 0 Å². The summed E-state index contributed by atoms with van der Waals surface area (Å²) in [6.45, 7) is 6.66.